The summed E-state index contributed by atoms with van der Waals surface area (Å²) < 4.78 is 0. The Morgan fingerprint density at radius 3 is 2.11 bits per heavy atom. The molecule has 0 spiro atoms. The summed E-state index contributed by atoms with van der Waals surface area (Å²) >= 11 is 5.92. The van der Waals surface area contributed by atoms with E-state index in [0.717, 1.165) is 5.02 Å². The molecular formula is C13H22Cl3N3. The lowest BCUT2D eigenvalue weighted by molar-refractivity contribution is -1.02. The molecule has 1 aromatic carbocycles. The predicted octanol–water partition coefficient (Wildman–Crippen LogP) is -7.24. The van der Waals surface area contributed by atoms with Crippen LogP contribution >= 0.6 is 11.6 Å². The van der Waals surface area contributed by atoms with Gasteiger partial charge in [-0.25, -0.2) is 0 Å². The van der Waals surface area contributed by atoms with Crippen molar-refractivity contribution in [2.75, 3.05) is 39.8 Å². The summed E-state index contributed by atoms with van der Waals surface area (Å²) in [4.78, 5) is 3.24. The van der Waals surface area contributed by atoms with Crippen LogP contribution in [0.25, 0.3) is 0 Å². The molecule has 0 aliphatic carbocycles. The first-order valence-electron chi connectivity index (χ1n) is 6.32. The monoisotopic (exact) mass is 325 g/mol. The third-order valence-electron chi connectivity index (χ3n) is 3.75. The molecule has 0 amide bonds. The number of hydrogen-bond donors (Lipinski definition) is 3. The van der Waals surface area contributed by atoms with Crippen LogP contribution in [-0.4, -0.2) is 39.8 Å². The fourth-order valence-corrected chi connectivity index (χ4v) is 2.71. The van der Waals surface area contributed by atoms with Crippen LogP contribution in [0.15, 0.2) is 24.3 Å². The number of likely N-dealkylation sites (N-methyl/N-ethyl adjacent to an activating group) is 1. The number of hydrogen-bond acceptors (Lipinski definition) is 1. The topological polar surface area (TPSA) is 34.9 Å². The predicted molar refractivity (Wildman–Crippen MR) is 70.6 cm³/mol. The van der Waals surface area contributed by atoms with Crippen molar-refractivity contribution in [3.05, 3.63) is 34.9 Å². The molecule has 1 saturated heterocycles. The average molecular weight is 327 g/mol. The van der Waals surface area contributed by atoms with Crippen molar-refractivity contribution in [3.8, 4) is 0 Å². The van der Waals surface area contributed by atoms with Gasteiger partial charge in [-0.2, -0.15) is 0 Å². The minimum absolute atomic E-state index is 0. The molecule has 0 aromatic heterocycles. The number of halogens is 3. The van der Waals surface area contributed by atoms with E-state index < -0.39 is 0 Å². The van der Waals surface area contributed by atoms with Gasteiger partial charge in [0.05, 0.1) is 7.05 Å². The summed E-state index contributed by atoms with van der Waals surface area (Å²) in [6.45, 7) is 5.58. The van der Waals surface area contributed by atoms with Gasteiger partial charge in [0.25, 0.3) is 0 Å². The Morgan fingerprint density at radius 1 is 1.11 bits per heavy atom. The van der Waals surface area contributed by atoms with Crippen LogP contribution in [0.1, 0.15) is 11.6 Å². The van der Waals surface area contributed by atoms with Crippen LogP contribution in [0.3, 0.4) is 0 Å². The largest absolute Gasteiger partial charge is 1.00 e. The third-order valence-corrected chi connectivity index (χ3v) is 4.00. The van der Waals surface area contributed by atoms with E-state index in [1.807, 2.05) is 12.1 Å². The Morgan fingerprint density at radius 2 is 1.63 bits per heavy atom. The zero-order valence-electron chi connectivity index (χ0n) is 11.1. The first-order chi connectivity index (χ1) is 8.20. The molecule has 1 aromatic rings. The Kier molecular flexibility index (Phi) is 8.99. The van der Waals surface area contributed by atoms with Gasteiger partial charge in [-0.3, -0.25) is 0 Å². The second-order valence-corrected chi connectivity index (χ2v) is 5.39. The van der Waals surface area contributed by atoms with E-state index in [9.17, 15) is 0 Å². The molecule has 1 aliphatic heterocycles. The number of rotatable bonds is 3. The quantitative estimate of drug-likeness (QED) is 0.507. The van der Waals surface area contributed by atoms with Crippen LogP contribution in [0, 0.1) is 0 Å². The fraction of sp³-hybridized carbons (Fsp3) is 0.538. The van der Waals surface area contributed by atoms with Crippen molar-refractivity contribution in [2.24, 2.45) is 5.73 Å². The number of benzene rings is 1. The van der Waals surface area contributed by atoms with Crippen molar-refractivity contribution in [3.63, 3.8) is 0 Å². The standard InChI is InChI=1S/C13H20ClN3.2ClH/c1-16-6-8-17(9-7-16)13(10-15)11-2-4-12(14)5-3-11;;/h2-5,13H,6-10,15H2,1H3;2*1H. The molecule has 0 radical (unpaired) electrons. The van der Waals surface area contributed by atoms with E-state index in [2.05, 4.69) is 19.2 Å². The van der Waals surface area contributed by atoms with Gasteiger partial charge in [0, 0.05) is 17.1 Å². The molecule has 2 rings (SSSR count). The first-order valence-corrected chi connectivity index (χ1v) is 6.70. The van der Waals surface area contributed by atoms with Crippen molar-refractivity contribution in [1.29, 1.82) is 0 Å². The van der Waals surface area contributed by atoms with Gasteiger partial charge < -0.3 is 40.3 Å². The molecule has 1 atom stereocenters. The smallest absolute Gasteiger partial charge is 0.128 e. The molecule has 1 heterocycles. The highest BCUT2D eigenvalue weighted by Gasteiger charge is 2.27. The van der Waals surface area contributed by atoms with Gasteiger partial charge in [0.15, 0.2) is 0 Å². The summed E-state index contributed by atoms with van der Waals surface area (Å²) in [5, 5.41) is 0.794. The molecule has 1 aliphatic rings. The summed E-state index contributed by atoms with van der Waals surface area (Å²) in [7, 11) is 2.26. The molecule has 0 saturated carbocycles. The molecule has 0 bridgehead atoms. The van der Waals surface area contributed by atoms with E-state index in [1.54, 1.807) is 9.80 Å². The highest BCUT2D eigenvalue weighted by atomic mass is 35.5. The summed E-state index contributed by atoms with van der Waals surface area (Å²) in [6, 6.07) is 8.55. The first kappa shape index (κ1) is 19.0. The van der Waals surface area contributed by atoms with Crippen molar-refractivity contribution < 1.29 is 34.6 Å². The lowest BCUT2D eigenvalue weighted by Gasteiger charge is -2.33. The molecule has 1 unspecified atom stereocenters. The van der Waals surface area contributed by atoms with Crippen molar-refractivity contribution >= 4 is 11.6 Å². The Bertz CT molecular complexity index is 351. The Hall–Kier alpha value is -0.0300. The van der Waals surface area contributed by atoms with Gasteiger partial charge >= 0.3 is 0 Å². The van der Waals surface area contributed by atoms with Crippen LogP contribution < -0.4 is 40.3 Å². The summed E-state index contributed by atoms with van der Waals surface area (Å²) in [5.74, 6) is 0. The van der Waals surface area contributed by atoms with Crippen LogP contribution in [0.2, 0.25) is 5.02 Å². The highest BCUT2D eigenvalue weighted by Crippen LogP contribution is 2.13. The SMILES string of the molecule is C[NH+]1CC[NH+](C(CN)c2ccc(Cl)cc2)CC1.[Cl-].[Cl-]. The Balaban J connectivity index is 0.00000162. The van der Waals surface area contributed by atoms with Gasteiger partial charge in [0.1, 0.15) is 32.2 Å². The lowest BCUT2D eigenvalue weighted by Crippen LogP contribution is -3.27. The van der Waals surface area contributed by atoms with Crippen molar-refractivity contribution in [1.82, 2.24) is 0 Å². The number of nitrogens with two attached hydrogens (primary N) is 1. The Labute approximate surface area is 132 Å². The second kappa shape index (κ2) is 9.01. The van der Waals surface area contributed by atoms with Crippen LogP contribution in [0.4, 0.5) is 0 Å². The van der Waals surface area contributed by atoms with E-state index in [4.69, 9.17) is 17.3 Å². The summed E-state index contributed by atoms with van der Waals surface area (Å²) in [6.07, 6.45) is 0. The highest BCUT2D eigenvalue weighted by molar-refractivity contribution is 6.30. The van der Waals surface area contributed by atoms with E-state index in [0.29, 0.717) is 12.6 Å². The average Bonchev–Trinajstić information content (AvgIpc) is 2.35. The molecule has 19 heavy (non-hydrogen) atoms. The minimum Gasteiger partial charge on any atom is -1.00 e. The molecular weight excluding hydrogens is 305 g/mol. The maximum atomic E-state index is 5.95. The maximum absolute atomic E-state index is 5.95. The molecule has 6 heteroatoms. The van der Waals surface area contributed by atoms with Crippen molar-refractivity contribution in [2.45, 2.75) is 6.04 Å². The number of quaternary nitrogens is 2. The number of piperazine rings is 1. The fourth-order valence-electron chi connectivity index (χ4n) is 2.58. The van der Waals surface area contributed by atoms with E-state index in [1.165, 1.54) is 31.7 Å². The van der Waals surface area contributed by atoms with Gasteiger partial charge in [0.2, 0.25) is 0 Å². The van der Waals surface area contributed by atoms with E-state index in [-0.39, 0.29) is 24.8 Å². The molecule has 4 N–H and O–H groups in total. The molecule has 110 valence electrons. The number of nitrogens with one attached hydrogen (secondary N) is 2. The molecule has 1 fully saturated rings. The van der Waals surface area contributed by atoms with Gasteiger partial charge in [-0.15, -0.1) is 0 Å². The van der Waals surface area contributed by atoms with Crippen LogP contribution in [0.5, 0.6) is 0 Å². The normalized spacial score (nSPS) is 23.9. The minimum atomic E-state index is 0. The lowest BCUT2D eigenvalue weighted by atomic mass is 10.0. The molecule has 3 nitrogen and oxygen atoms in total. The second-order valence-electron chi connectivity index (χ2n) is 4.96. The van der Waals surface area contributed by atoms with Gasteiger partial charge in [-0.05, 0) is 12.1 Å². The van der Waals surface area contributed by atoms with Gasteiger partial charge in [-0.1, -0.05) is 23.7 Å². The zero-order chi connectivity index (χ0) is 12.3. The third kappa shape index (κ3) is 5.10. The van der Waals surface area contributed by atoms with Crippen LogP contribution in [-0.2, 0) is 0 Å². The zero-order valence-corrected chi connectivity index (χ0v) is 13.4. The van der Waals surface area contributed by atoms with E-state index >= 15 is 0 Å². The summed E-state index contributed by atoms with van der Waals surface area (Å²) in [5.41, 5.74) is 7.26. The maximum Gasteiger partial charge on any atom is 0.128 e.